The molecule has 0 nitrogen and oxygen atoms in total. The van der Waals surface area contributed by atoms with E-state index in [0.717, 1.165) is 6.42 Å². The highest BCUT2D eigenvalue weighted by Crippen LogP contribution is 2.32. The molecule has 0 aliphatic rings. The molecule has 122 valence electrons. The van der Waals surface area contributed by atoms with Gasteiger partial charge in [-0.05, 0) is 19.3 Å². The van der Waals surface area contributed by atoms with Gasteiger partial charge in [-0.15, -0.1) is 11.6 Å². The second-order valence-corrected chi connectivity index (χ2v) is 7.34. The summed E-state index contributed by atoms with van der Waals surface area (Å²) < 4.78 is 0. The van der Waals surface area contributed by atoms with Gasteiger partial charge in [0.15, 0.2) is 0 Å². The minimum Gasteiger partial charge on any atom is -0.119 e. The van der Waals surface area contributed by atoms with Crippen LogP contribution in [0.25, 0.3) is 0 Å². The molecule has 0 rings (SSSR count). The largest absolute Gasteiger partial charge is 0.119 e. The van der Waals surface area contributed by atoms with E-state index in [0.29, 0.717) is 0 Å². The Balaban J connectivity index is 3.57. The summed E-state index contributed by atoms with van der Waals surface area (Å²) >= 11 is 6.80. The maximum Gasteiger partial charge on any atom is 0.0444 e. The van der Waals surface area contributed by atoms with Gasteiger partial charge >= 0.3 is 0 Å². The third-order valence-corrected chi connectivity index (χ3v) is 5.24. The Morgan fingerprint density at radius 2 is 0.900 bits per heavy atom. The molecule has 0 aliphatic heterocycles. The van der Waals surface area contributed by atoms with Crippen LogP contribution in [0.5, 0.6) is 0 Å². The molecule has 0 spiro atoms. The fourth-order valence-corrected chi connectivity index (χ4v) is 3.19. The quantitative estimate of drug-likeness (QED) is 0.213. The predicted molar refractivity (Wildman–Crippen MR) is 94.9 cm³/mol. The van der Waals surface area contributed by atoms with Crippen LogP contribution in [0.1, 0.15) is 117 Å². The summed E-state index contributed by atoms with van der Waals surface area (Å²) in [5.41, 5.74) is 0. The van der Waals surface area contributed by atoms with Gasteiger partial charge in [0.05, 0.1) is 0 Å². The summed E-state index contributed by atoms with van der Waals surface area (Å²) in [6.07, 6.45) is 20.1. The predicted octanol–water partition coefficient (Wildman–Crippen LogP) is 7.88. The topological polar surface area (TPSA) is 0 Å². The molecule has 0 fully saturated rings. The molecule has 0 aliphatic carbocycles. The number of unbranched alkanes of at least 4 members (excludes halogenated alkanes) is 10. The lowest BCUT2D eigenvalue weighted by molar-refractivity contribution is 0.423. The van der Waals surface area contributed by atoms with Gasteiger partial charge in [-0.3, -0.25) is 0 Å². The Labute approximate surface area is 134 Å². The number of hydrogen-bond acceptors (Lipinski definition) is 0. The van der Waals surface area contributed by atoms with E-state index in [1.165, 1.54) is 89.9 Å². The number of alkyl halides is 1. The van der Waals surface area contributed by atoms with Gasteiger partial charge in [-0.2, -0.15) is 0 Å². The summed E-state index contributed by atoms with van der Waals surface area (Å²) in [6, 6.07) is 0. The molecule has 0 aromatic heterocycles. The monoisotopic (exact) mass is 302 g/mol. The highest BCUT2D eigenvalue weighted by atomic mass is 35.5. The van der Waals surface area contributed by atoms with Gasteiger partial charge < -0.3 is 0 Å². The maximum absolute atomic E-state index is 6.80. The molecule has 0 unspecified atom stereocenters. The van der Waals surface area contributed by atoms with E-state index < -0.39 is 0 Å². The SMILES string of the molecule is CCCCCCCCC(Cl)(CC)CCCCCCCC. The standard InChI is InChI=1S/C19H39Cl/c1-4-7-9-11-13-15-17-19(20,6-3)18-16-14-12-10-8-5-2/h4-18H2,1-3H3. The van der Waals surface area contributed by atoms with Crippen molar-refractivity contribution in [2.75, 3.05) is 0 Å². The Kier molecular flexibility index (Phi) is 14.4. The second kappa shape index (κ2) is 14.2. The van der Waals surface area contributed by atoms with Gasteiger partial charge in [-0.1, -0.05) is 97.8 Å². The van der Waals surface area contributed by atoms with E-state index in [1.54, 1.807) is 0 Å². The van der Waals surface area contributed by atoms with Crippen molar-refractivity contribution in [3.05, 3.63) is 0 Å². The van der Waals surface area contributed by atoms with Crippen LogP contribution < -0.4 is 0 Å². The van der Waals surface area contributed by atoms with Crippen molar-refractivity contribution in [1.82, 2.24) is 0 Å². The molecule has 1 heteroatoms. The fraction of sp³-hybridized carbons (Fsp3) is 1.00. The van der Waals surface area contributed by atoms with Crippen molar-refractivity contribution in [2.45, 2.75) is 122 Å². The number of rotatable bonds is 15. The van der Waals surface area contributed by atoms with Crippen LogP contribution >= 0.6 is 11.6 Å². The minimum atomic E-state index is 0.107. The van der Waals surface area contributed by atoms with Crippen LogP contribution in [-0.2, 0) is 0 Å². The van der Waals surface area contributed by atoms with Gasteiger partial charge in [0.25, 0.3) is 0 Å². The van der Waals surface area contributed by atoms with Crippen molar-refractivity contribution in [3.63, 3.8) is 0 Å². The van der Waals surface area contributed by atoms with Crippen molar-refractivity contribution in [1.29, 1.82) is 0 Å². The molecule has 0 aromatic rings. The first kappa shape index (κ1) is 20.3. The van der Waals surface area contributed by atoms with Gasteiger partial charge in [0.2, 0.25) is 0 Å². The summed E-state index contributed by atoms with van der Waals surface area (Å²) in [5, 5.41) is 0. The van der Waals surface area contributed by atoms with Gasteiger partial charge in [0.1, 0.15) is 0 Å². The fourth-order valence-electron chi connectivity index (χ4n) is 2.92. The normalized spacial score (nSPS) is 12.0. The van der Waals surface area contributed by atoms with Crippen LogP contribution in [0, 0.1) is 0 Å². The first-order valence-electron chi connectivity index (χ1n) is 9.37. The Morgan fingerprint density at radius 3 is 1.25 bits per heavy atom. The molecule has 0 N–H and O–H groups in total. The third-order valence-electron chi connectivity index (χ3n) is 4.59. The summed E-state index contributed by atoms with van der Waals surface area (Å²) in [6.45, 7) is 6.82. The highest BCUT2D eigenvalue weighted by Gasteiger charge is 2.23. The van der Waals surface area contributed by atoms with Crippen LogP contribution in [0.15, 0.2) is 0 Å². The van der Waals surface area contributed by atoms with Crippen LogP contribution in [0.4, 0.5) is 0 Å². The molecule has 0 atom stereocenters. The molecule has 0 bridgehead atoms. The van der Waals surface area contributed by atoms with Gasteiger partial charge in [0, 0.05) is 4.87 Å². The minimum absolute atomic E-state index is 0.107. The van der Waals surface area contributed by atoms with E-state index in [9.17, 15) is 0 Å². The summed E-state index contributed by atoms with van der Waals surface area (Å²) in [5.74, 6) is 0. The lowest BCUT2D eigenvalue weighted by Gasteiger charge is -2.25. The molecular weight excluding hydrogens is 264 g/mol. The Hall–Kier alpha value is 0.290. The van der Waals surface area contributed by atoms with Crippen LogP contribution in [-0.4, -0.2) is 4.87 Å². The Bertz CT molecular complexity index is 172. The van der Waals surface area contributed by atoms with Crippen molar-refractivity contribution in [3.8, 4) is 0 Å². The molecule has 0 heterocycles. The van der Waals surface area contributed by atoms with E-state index >= 15 is 0 Å². The van der Waals surface area contributed by atoms with Crippen molar-refractivity contribution < 1.29 is 0 Å². The van der Waals surface area contributed by atoms with E-state index in [-0.39, 0.29) is 4.87 Å². The first-order valence-corrected chi connectivity index (χ1v) is 9.75. The Morgan fingerprint density at radius 1 is 0.550 bits per heavy atom. The molecule has 20 heavy (non-hydrogen) atoms. The third kappa shape index (κ3) is 12.1. The summed E-state index contributed by atoms with van der Waals surface area (Å²) in [7, 11) is 0. The average molecular weight is 303 g/mol. The molecule has 0 saturated heterocycles. The van der Waals surface area contributed by atoms with Gasteiger partial charge in [-0.25, -0.2) is 0 Å². The van der Waals surface area contributed by atoms with Crippen molar-refractivity contribution >= 4 is 11.6 Å². The van der Waals surface area contributed by atoms with Crippen LogP contribution in [0.2, 0.25) is 0 Å². The molecule has 0 radical (unpaired) electrons. The number of halogens is 1. The molecule has 0 saturated carbocycles. The highest BCUT2D eigenvalue weighted by molar-refractivity contribution is 6.23. The smallest absolute Gasteiger partial charge is 0.0444 e. The van der Waals surface area contributed by atoms with Crippen LogP contribution in [0.3, 0.4) is 0 Å². The molecule has 0 amide bonds. The van der Waals surface area contributed by atoms with Crippen molar-refractivity contribution in [2.24, 2.45) is 0 Å². The summed E-state index contributed by atoms with van der Waals surface area (Å²) in [4.78, 5) is 0.107. The molecular formula is C19H39Cl. The lowest BCUT2D eigenvalue weighted by Crippen LogP contribution is -2.20. The average Bonchev–Trinajstić information content (AvgIpc) is 2.46. The second-order valence-electron chi connectivity index (χ2n) is 6.54. The van der Waals surface area contributed by atoms with E-state index in [2.05, 4.69) is 20.8 Å². The number of hydrogen-bond donors (Lipinski definition) is 0. The first-order chi connectivity index (χ1) is 9.68. The zero-order valence-corrected chi connectivity index (χ0v) is 15.2. The zero-order valence-electron chi connectivity index (χ0n) is 14.5. The molecule has 0 aromatic carbocycles. The lowest BCUT2D eigenvalue weighted by atomic mass is 9.91. The maximum atomic E-state index is 6.80. The van der Waals surface area contributed by atoms with E-state index in [1.807, 2.05) is 0 Å². The van der Waals surface area contributed by atoms with E-state index in [4.69, 9.17) is 11.6 Å². The zero-order chi connectivity index (χ0) is 15.1.